The maximum atomic E-state index is 13.7. The van der Waals surface area contributed by atoms with Crippen LogP contribution in [0.1, 0.15) is 53.3 Å². The summed E-state index contributed by atoms with van der Waals surface area (Å²) in [6.45, 7) is 0.239. The van der Waals surface area contributed by atoms with E-state index in [1.807, 2.05) is 0 Å². The van der Waals surface area contributed by atoms with Crippen molar-refractivity contribution in [3.8, 4) is 11.5 Å². The largest absolute Gasteiger partial charge is 0.488 e. The first-order chi connectivity index (χ1) is 17.0. The fourth-order valence-corrected chi connectivity index (χ4v) is 3.89. The molecule has 5 rings (SSSR count). The Morgan fingerprint density at radius 1 is 0.714 bits per heavy atom. The summed E-state index contributed by atoms with van der Waals surface area (Å²) in [5, 5.41) is 9.58. The van der Waals surface area contributed by atoms with Crippen LogP contribution >= 0.6 is 0 Å². The first-order valence-corrected chi connectivity index (χ1v) is 10.7. The van der Waals surface area contributed by atoms with Gasteiger partial charge in [0, 0.05) is 35.9 Å². The molecule has 1 aliphatic carbocycles. The minimum absolute atomic E-state index is 0.0153. The zero-order valence-electron chi connectivity index (χ0n) is 18.3. The summed E-state index contributed by atoms with van der Waals surface area (Å²) >= 11 is 0. The Hall–Kier alpha value is -4.85. The van der Waals surface area contributed by atoms with Crippen LogP contribution in [0.3, 0.4) is 0 Å². The number of hydrogen-bond donors (Lipinski definition) is 1. The molecule has 1 aliphatic rings. The molecule has 0 saturated heterocycles. The minimum atomic E-state index is -1.23. The van der Waals surface area contributed by atoms with Gasteiger partial charge in [-0.1, -0.05) is 12.1 Å². The number of aromatic nitrogens is 2. The van der Waals surface area contributed by atoms with E-state index in [1.165, 1.54) is 18.2 Å². The van der Waals surface area contributed by atoms with Crippen LogP contribution in [-0.2, 0) is 13.2 Å². The van der Waals surface area contributed by atoms with Gasteiger partial charge in [0.2, 0.25) is 5.78 Å². The van der Waals surface area contributed by atoms with Gasteiger partial charge in [0.25, 0.3) is 0 Å². The Bertz CT molecular complexity index is 1450. The number of fused-ring (bicyclic) bond motifs is 2. The monoisotopic (exact) mass is 466 g/mol. The molecule has 35 heavy (non-hydrogen) atoms. The second kappa shape index (κ2) is 9.18. The minimum Gasteiger partial charge on any atom is -0.488 e. The maximum absolute atomic E-state index is 13.7. The van der Waals surface area contributed by atoms with Gasteiger partial charge >= 0.3 is 5.97 Å². The maximum Gasteiger partial charge on any atom is 0.335 e. The van der Waals surface area contributed by atoms with E-state index >= 15 is 0 Å². The van der Waals surface area contributed by atoms with Crippen LogP contribution < -0.4 is 9.47 Å². The van der Waals surface area contributed by atoms with Crippen molar-refractivity contribution >= 4 is 17.5 Å². The SMILES string of the molecule is O=C(O)c1cc(OCc2ccncc2)c2c(c1)C(=O)c1cccc(OCc3ccncc3)c1C2=O. The van der Waals surface area contributed by atoms with Crippen LogP contribution in [0.4, 0.5) is 0 Å². The molecule has 172 valence electrons. The quantitative estimate of drug-likeness (QED) is 0.381. The molecule has 2 heterocycles. The molecule has 1 N–H and O–H groups in total. The number of ether oxygens (including phenoxy) is 2. The molecule has 2 aromatic heterocycles. The van der Waals surface area contributed by atoms with Crippen LogP contribution in [0.5, 0.6) is 11.5 Å². The third-order valence-electron chi connectivity index (χ3n) is 5.61. The molecule has 0 radical (unpaired) electrons. The number of carboxylic acid groups (broad SMARTS) is 1. The molecule has 2 aromatic carbocycles. The Morgan fingerprint density at radius 2 is 1.29 bits per heavy atom. The fourth-order valence-electron chi connectivity index (χ4n) is 3.89. The van der Waals surface area contributed by atoms with Crippen LogP contribution in [0.2, 0.25) is 0 Å². The highest BCUT2D eigenvalue weighted by Crippen LogP contribution is 2.38. The number of pyridine rings is 2. The normalized spacial score (nSPS) is 12.0. The highest BCUT2D eigenvalue weighted by Gasteiger charge is 2.36. The van der Waals surface area contributed by atoms with Gasteiger partial charge in [-0.3, -0.25) is 19.6 Å². The van der Waals surface area contributed by atoms with Crippen molar-refractivity contribution in [2.75, 3.05) is 0 Å². The number of aromatic carboxylic acids is 1. The van der Waals surface area contributed by atoms with E-state index in [0.29, 0.717) is 0 Å². The summed E-state index contributed by atoms with van der Waals surface area (Å²) in [7, 11) is 0. The van der Waals surface area contributed by atoms with E-state index in [1.54, 1.807) is 61.2 Å². The number of carbonyl (C=O) groups excluding carboxylic acids is 2. The number of nitrogens with zero attached hydrogens (tertiary/aromatic N) is 2. The van der Waals surface area contributed by atoms with Gasteiger partial charge in [-0.05, 0) is 53.6 Å². The molecular formula is C27H18N2O6. The Balaban J connectivity index is 1.56. The molecule has 8 nitrogen and oxygen atoms in total. The third kappa shape index (κ3) is 4.24. The van der Waals surface area contributed by atoms with E-state index in [2.05, 4.69) is 9.97 Å². The highest BCUT2D eigenvalue weighted by molar-refractivity contribution is 6.30. The summed E-state index contributed by atoms with van der Waals surface area (Å²) in [5.41, 5.74) is 1.74. The van der Waals surface area contributed by atoms with E-state index < -0.39 is 17.5 Å². The molecule has 4 aromatic rings. The first-order valence-electron chi connectivity index (χ1n) is 10.7. The molecule has 0 aliphatic heterocycles. The highest BCUT2D eigenvalue weighted by atomic mass is 16.5. The van der Waals surface area contributed by atoms with E-state index in [4.69, 9.17) is 9.47 Å². The van der Waals surface area contributed by atoms with Gasteiger partial charge in [-0.15, -0.1) is 0 Å². The van der Waals surface area contributed by atoms with Gasteiger partial charge < -0.3 is 14.6 Å². The van der Waals surface area contributed by atoms with E-state index in [9.17, 15) is 19.5 Å². The molecule has 0 fully saturated rings. The van der Waals surface area contributed by atoms with Crippen molar-refractivity contribution in [1.29, 1.82) is 0 Å². The smallest absolute Gasteiger partial charge is 0.335 e. The van der Waals surface area contributed by atoms with E-state index in [0.717, 1.165) is 11.1 Å². The lowest BCUT2D eigenvalue weighted by molar-refractivity contribution is 0.0695. The van der Waals surface area contributed by atoms with Crippen molar-refractivity contribution in [1.82, 2.24) is 9.97 Å². The summed E-state index contributed by atoms with van der Waals surface area (Å²) in [5.74, 6) is -1.90. The Kier molecular flexibility index (Phi) is 5.76. The van der Waals surface area contributed by atoms with Gasteiger partial charge in [-0.2, -0.15) is 0 Å². The molecule has 8 heteroatoms. The number of carbonyl (C=O) groups is 3. The molecule has 0 spiro atoms. The lowest BCUT2D eigenvalue weighted by atomic mass is 9.82. The average Bonchev–Trinajstić information content (AvgIpc) is 2.89. The average molecular weight is 466 g/mol. The van der Waals surface area contributed by atoms with Crippen molar-refractivity contribution in [3.05, 3.63) is 118 Å². The van der Waals surface area contributed by atoms with Crippen molar-refractivity contribution < 1.29 is 29.0 Å². The first kappa shape index (κ1) is 22.0. The second-order valence-corrected chi connectivity index (χ2v) is 7.83. The standard InChI is InChI=1S/C27H18N2O6/c30-25-19-2-1-3-21(34-14-16-4-8-28-9-5-16)23(19)26(31)24-20(25)12-18(27(32)33)13-22(24)35-15-17-6-10-29-11-7-17/h1-13H,14-15H2,(H,32,33). The van der Waals surface area contributed by atoms with Crippen LogP contribution in [0.25, 0.3) is 0 Å². The number of carboxylic acids is 1. The molecule has 0 saturated carbocycles. The van der Waals surface area contributed by atoms with Crippen LogP contribution in [0, 0.1) is 0 Å². The lowest BCUT2D eigenvalue weighted by Gasteiger charge is -2.23. The fraction of sp³-hybridized carbons (Fsp3) is 0.0741. The van der Waals surface area contributed by atoms with Crippen molar-refractivity contribution in [3.63, 3.8) is 0 Å². The lowest BCUT2D eigenvalue weighted by Crippen LogP contribution is -2.23. The number of ketones is 2. The summed E-state index contributed by atoms with van der Waals surface area (Å²) < 4.78 is 11.8. The second-order valence-electron chi connectivity index (χ2n) is 7.83. The van der Waals surface area contributed by atoms with Crippen LogP contribution in [-0.4, -0.2) is 32.6 Å². The van der Waals surface area contributed by atoms with Crippen molar-refractivity contribution in [2.45, 2.75) is 13.2 Å². The zero-order valence-corrected chi connectivity index (χ0v) is 18.3. The Morgan fingerprint density at radius 3 is 1.89 bits per heavy atom. The third-order valence-corrected chi connectivity index (χ3v) is 5.61. The molecule has 0 unspecified atom stereocenters. The number of hydrogen-bond acceptors (Lipinski definition) is 7. The predicted molar refractivity (Wildman–Crippen MR) is 124 cm³/mol. The van der Waals surface area contributed by atoms with Gasteiger partial charge in [0.1, 0.15) is 24.7 Å². The van der Waals surface area contributed by atoms with Crippen molar-refractivity contribution in [2.24, 2.45) is 0 Å². The van der Waals surface area contributed by atoms with Crippen LogP contribution in [0.15, 0.2) is 79.4 Å². The van der Waals surface area contributed by atoms with Gasteiger partial charge in [-0.25, -0.2) is 4.79 Å². The predicted octanol–water partition coefficient (Wildman–Crippen LogP) is 4.11. The summed E-state index contributed by atoms with van der Waals surface area (Å²) in [6.07, 6.45) is 6.46. The number of benzene rings is 2. The molecule has 0 amide bonds. The molecule has 0 atom stereocenters. The van der Waals surface area contributed by atoms with Gasteiger partial charge in [0.15, 0.2) is 5.78 Å². The Labute approximate surface area is 199 Å². The molecule has 0 bridgehead atoms. The topological polar surface area (TPSA) is 116 Å². The molecular weight excluding hydrogens is 448 g/mol. The van der Waals surface area contributed by atoms with Gasteiger partial charge in [0.05, 0.1) is 16.7 Å². The summed E-state index contributed by atoms with van der Waals surface area (Å²) in [4.78, 5) is 46.8. The summed E-state index contributed by atoms with van der Waals surface area (Å²) in [6, 6.07) is 14.3. The number of rotatable bonds is 7. The van der Waals surface area contributed by atoms with E-state index in [-0.39, 0.29) is 52.5 Å². The zero-order chi connectivity index (χ0) is 24.4.